The molecule has 0 aliphatic carbocycles. The lowest BCUT2D eigenvalue weighted by Gasteiger charge is -2.16. The van der Waals surface area contributed by atoms with E-state index in [4.69, 9.17) is 21.1 Å². The van der Waals surface area contributed by atoms with E-state index in [1.54, 1.807) is 12.1 Å². The molecule has 128 valence electrons. The second kappa shape index (κ2) is 9.13. The summed E-state index contributed by atoms with van der Waals surface area (Å²) in [4.78, 5) is 23.0. The normalized spacial score (nSPS) is 13.0. The van der Waals surface area contributed by atoms with Gasteiger partial charge in [-0.05, 0) is 36.3 Å². The van der Waals surface area contributed by atoms with Gasteiger partial charge in [-0.25, -0.2) is 0 Å². The Morgan fingerprint density at radius 1 is 1.42 bits per heavy atom. The molecule has 2 rings (SSSR count). The summed E-state index contributed by atoms with van der Waals surface area (Å²) < 4.78 is 10.5. The van der Waals surface area contributed by atoms with E-state index in [0.29, 0.717) is 18.2 Å². The van der Waals surface area contributed by atoms with E-state index in [9.17, 15) is 9.59 Å². The number of nitrogens with one attached hydrogen (secondary N) is 1. The van der Waals surface area contributed by atoms with Crippen molar-refractivity contribution >= 4 is 29.6 Å². The first-order valence-corrected chi connectivity index (χ1v) is 8.20. The molecule has 1 amide bonds. The van der Waals surface area contributed by atoms with Gasteiger partial charge in [-0.3, -0.25) is 9.59 Å². The van der Waals surface area contributed by atoms with E-state index in [2.05, 4.69) is 5.32 Å². The van der Waals surface area contributed by atoms with Gasteiger partial charge in [-0.15, -0.1) is 0 Å². The predicted octanol–water partition coefficient (Wildman–Crippen LogP) is 3.13. The molecule has 0 radical (unpaired) electrons. The zero-order chi connectivity index (χ0) is 17.4. The third-order valence-corrected chi connectivity index (χ3v) is 3.49. The van der Waals surface area contributed by atoms with Gasteiger partial charge in [0.15, 0.2) is 0 Å². The highest BCUT2D eigenvalue weighted by atomic mass is 35.5. The van der Waals surface area contributed by atoms with Crippen LogP contribution in [0.25, 0.3) is 6.08 Å². The fourth-order valence-corrected chi connectivity index (χ4v) is 2.26. The first-order chi connectivity index (χ1) is 11.6. The van der Waals surface area contributed by atoms with Crippen molar-refractivity contribution in [3.05, 3.63) is 46.5 Å². The van der Waals surface area contributed by atoms with E-state index >= 15 is 0 Å². The van der Waals surface area contributed by atoms with Gasteiger partial charge in [-0.2, -0.15) is 0 Å². The van der Waals surface area contributed by atoms with Gasteiger partial charge in [0.25, 0.3) is 0 Å². The topological polar surface area (TPSA) is 64.6 Å². The minimum Gasteiger partial charge on any atom is -0.488 e. The Hall–Kier alpha value is -2.27. The number of halogens is 1. The van der Waals surface area contributed by atoms with Gasteiger partial charge in [0, 0.05) is 23.2 Å². The zero-order valence-electron chi connectivity index (χ0n) is 13.5. The number of carbonyl (C=O) groups is 2. The van der Waals surface area contributed by atoms with Crippen molar-refractivity contribution in [1.29, 1.82) is 0 Å². The number of ether oxygens (including phenoxy) is 2. The van der Waals surface area contributed by atoms with Crippen molar-refractivity contribution in [3.8, 4) is 5.75 Å². The van der Waals surface area contributed by atoms with E-state index < -0.39 is 0 Å². The van der Waals surface area contributed by atoms with E-state index in [1.807, 2.05) is 25.1 Å². The highest BCUT2D eigenvalue weighted by molar-refractivity contribution is 6.30. The smallest absolute Gasteiger partial charge is 0.307 e. The Morgan fingerprint density at radius 3 is 3.04 bits per heavy atom. The Balaban J connectivity index is 1.81. The molecule has 0 unspecified atom stereocenters. The predicted molar refractivity (Wildman–Crippen MR) is 92.9 cm³/mol. The minimum atomic E-state index is -0.307. The molecule has 0 atom stereocenters. The fourth-order valence-electron chi connectivity index (χ4n) is 2.08. The van der Waals surface area contributed by atoms with Crippen LogP contribution in [0.15, 0.2) is 35.9 Å². The number of amides is 1. The third kappa shape index (κ3) is 5.74. The summed E-state index contributed by atoms with van der Waals surface area (Å²) in [5, 5.41) is 3.27. The molecule has 1 heterocycles. The minimum absolute atomic E-state index is 0.164. The first kappa shape index (κ1) is 18.1. The lowest BCUT2D eigenvalue weighted by atomic mass is 10.1. The Bertz CT molecular complexity index is 667. The number of hydrogen-bond acceptors (Lipinski definition) is 4. The number of esters is 1. The van der Waals surface area contributed by atoms with Crippen LogP contribution in [-0.2, 0) is 14.3 Å². The van der Waals surface area contributed by atoms with Crippen molar-refractivity contribution in [2.24, 2.45) is 0 Å². The molecule has 1 N–H and O–H groups in total. The Labute approximate surface area is 146 Å². The lowest BCUT2D eigenvalue weighted by Crippen LogP contribution is -2.24. The summed E-state index contributed by atoms with van der Waals surface area (Å²) in [5.41, 5.74) is 1.75. The van der Waals surface area contributed by atoms with Crippen LogP contribution in [-0.4, -0.2) is 31.6 Å². The summed E-state index contributed by atoms with van der Waals surface area (Å²) in [7, 11) is 0. The van der Waals surface area contributed by atoms with Crippen LogP contribution >= 0.6 is 11.6 Å². The van der Waals surface area contributed by atoms with Gasteiger partial charge < -0.3 is 14.8 Å². The summed E-state index contributed by atoms with van der Waals surface area (Å²) >= 11 is 5.96. The molecule has 6 heteroatoms. The number of rotatable bonds is 7. The van der Waals surface area contributed by atoms with Crippen LogP contribution in [0.1, 0.15) is 25.3 Å². The maximum absolute atomic E-state index is 11.7. The zero-order valence-corrected chi connectivity index (χ0v) is 14.3. The molecule has 0 fully saturated rings. The monoisotopic (exact) mass is 349 g/mol. The van der Waals surface area contributed by atoms with E-state index in [0.717, 1.165) is 23.3 Å². The molecule has 1 aromatic rings. The van der Waals surface area contributed by atoms with Crippen LogP contribution in [0.3, 0.4) is 0 Å². The van der Waals surface area contributed by atoms with Crippen LogP contribution in [0.2, 0.25) is 5.02 Å². The molecular formula is C18H20ClNO4. The standard InChI is InChI=1S/C18H20ClNO4/c1-2-9-23-18(22)7-8-20-17(21)6-3-13-10-14-11-15(19)4-5-16(14)24-12-13/h3-6,10-11H,2,7-9,12H2,1H3,(H,20,21)/b6-3+. The van der Waals surface area contributed by atoms with Crippen molar-refractivity contribution in [1.82, 2.24) is 5.32 Å². The van der Waals surface area contributed by atoms with Crippen LogP contribution < -0.4 is 10.1 Å². The second-order valence-electron chi connectivity index (χ2n) is 5.28. The maximum Gasteiger partial charge on any atom is 0.307 e. The first-order valence-electron chi connectivity index (χ1n) is 7.83. The van der Waals surface area contributed by atoms with Gasteiger partial charge >= 0.3 is 5.97 Å². The summed E-state index contributed by atoms with van der Waals surface area (Å²) in [6, 6.07) is 5.40. The van der Waals surface area contributed by atoms with Gasteiger partial charge in [0.1, 0.15) is 12.4 Å². The average molecular weight is 350 g/mol. The molecule has 1 aliphatic heterocycles. The molecule has 5 nitrogen and oxygen atoms in total. The highest BCUT2D eigenvalue weighted by Gasteiger charge is 2.10. The molecule has 24 heavy (non-hydrogen) atoms. The number of fused-ring (bicyclic) bond motifs is 1. The Morgan fingerprint density at radius 2 is 2.25 bits per heavy atom. The van der Waals surface area contributed by atoms with E-state index in [-0.39, 0.29) is 24.8 Å². The second-order valence-corrected chi connectivity index (χ2v) is 5.72. The van der Waals surface area contributed by atoms with Gasteiger partial charge in [0.05, 0.1) is 13.0 Å². The molecule has 1 aliphatic rings. The van der Waals surface area contributed by atoms with Crippen molar-refractivity contribution < 1.29 is 19.1 Å². The molecule has 0 saturated carbocycles. The Kier molecular flexibility index (Phi) is 6.88. The highest BCUT2D eigenvalue weighted by Crippen LogP contribution is 2.29. The van der Waals surface area contributed by atoms with Crippen LogP contribution in [0, 0.1) is 0 Å². The van der Waals surface area contributed by atoms with Crippen LogP contribution in [0.5, 0.6) is 5.75 Å². The molecule has 0 aromatic heterocycles. The number of hydrogen-bond donors (Lipinski definition) is 1. The number of carbonyl (C=O) groups excluding carboxylic acids is 2. The molecule has 0 bridgehead atoms. The average Bonchev–Trinajstić information content (AvgIpc) is 2.57. The molecule has 0 spiro atoms. The fraction of sp³-hybridized carbons (Fsp3) is 0.333. The molecule has 0 saturated heterocycles. The maximum atomic E-state index is 11.7. The largest absolute Gasteiger partial charge is 0.488 e. The van der Waals surface area contributed by atoms with Crippen molar-refractivity contribution in [2.45, 2.75) is 19.8 Å². The third-order valence-electron chi connectivity index (χ3n) is 3.25. The number of benzene rings is 1. The summed E-state index contributed by atoms with van der Waals surface area (Å²) in [5.74, 6) is 0.195. The van der Waals surface area contributed by atoms with Gasteiger partial charge in [0.2, 0.25) is 5.91 Å². The van der Waals surface area contributed by atoms with E-state index in [1.165, 1.54) is 6.08 Å². The summed E-state index contributed by atoms with van der Waals surface area (Å²) in [6.45, 7) is 2.98. The van der Waals surface area contributed by atoms with Crippen LogP contribution in [0.4, 0.5) is 0 Å². The lowest BCUT2D eigenvalue weighted by molar-refractivity contribution is -0.143. The SMILES string of the molecule is CCCOC(=O)CCNC(=O)/C=C/C1=Cc2cc(Cl)ccc2OC1. The summed E-state index contributed by atoms with van der Waals surface area (Å²) in [6.07, 6.45) is 5.98. The van der Waals surface area contributed by atoms with Crippen molar-refractivity contribution in [3.63, 3.8) is 0 Å². The van der Waals surface area contributed by atoms with Gasteiger partial charge in [-0.1, -0.05) is 24.6 Å². The molecule has 1 aromatic carbocycles. The van der Waals surface area contributed by atoms with Crippen molar-refractivity contribution in [2.75, 3.05) is 19.8 Å². The quantitative estimate of drug-likeness (QED) is 0.606. The molecular weight excluding hydrogens is 330 g/mol.